The molecule has 2 heteroatoms. The molecule has 3 rings (SSSR count). The van der Waals surface area contributed by atoms with Crippen molar-refractivity contribution in [2.45, 2.75) is 57.1 Å². The van der Waals surface area contributed by atoms with Gasteiger partial charge in [-0.05, 0) is 31.2 Å². The van der Waals surface area contributed by atoms with Gasteiger partial charge in [-0.2, -0.15) is 0 Å². The van der Waals surface area contributed by atoms with E-state index in [-0.39, 0.29) is 6.10 Å². The number of hydrogen-bond donors (Lipinski definition) is 1. The molecule has 2 atom stereocenters. The number of piperidine rings is 1. The molecule has 1 saturated carbocycles. The van der Waals surface area contributed by atoms with E-state index in [2.05, 4.69) is 35.2 Å². The van der Waals surface area contributed by atoms with E-state index in [1.54, 1.807) is 0 Å². The van der Waals surface area contributed by atoms with Crippen LogP contribution in [-0.2, 0) is 6.42 Å². The zero-order valence-corrected chi connectivity index (χ0v) is 12.4. The van der Waals surface area contributed by atoms with Crippen LogP contribution in [0.4, 0.5) is 0 Å². The molecule has 110 valence electrons. The highest BCUT2D eigenvalue weighted by Gasteiger charge is 2.31. The van der Waals surface area contributed by atoms with Crippen LogP contribution in [0.5, 0.6) is 0 Å². The maximum Gasteiger partial charge on any atom is 0.0596 e. The summed E-state index contributed by atoms with van der Waals surface area (Å²) in [6.07, 6.45) is 8.80. The number of hydrogen-bond acceptors (Lipinski definition) is 2. The Labute approximate surface area is 122 Å². The molecule has 0 amide bonds. The van der Waals surface area contributed by atoms with E-state index in [9.17, 15) is 5.11 Å². The molecule has 0 unspecified atom stereocenters. The lowest BCUT2D eigenvalue weighted by Gasteiger charge is -2.42. The van der Waals surface area contributed by atoms with Crippen molar-refractivity contribution in [1.82, 2.24) is 4.90 Å². The summed E-state index contributed by atoms with van der Waals surface area (Å²) >= 11 is 0. The lowest BCUT2D eigenvalue weighted by Crippen LogP contribution is -2.49. The van der Waals surface area contributed by atoms with Crippen molar-refractivity contribution in [3.63, 3.8) is 0 Å². The maximum absolute atomic E-state index is 10.3. The minimum atomic E-state index is -0.116. The number of aliphatic hydroxyl groups excluding tert-OH is 1. The normalized spacial score (nSPS) is 29.4. The molecule has 2 nitrogen and oxygen atoms in total. The molecule has 1 aromatic carbocycles. The summed E-state index contributed by atoms with van der Waals surface area (Å²) in [6, 6.07) is 11.4. The van der Waals surface area contributed by atoms with E-state index in [0.29, 0.717) is 5.92 Å². The van der Waals surface area contributed by atoms with Gasteiger partial charge in [-0.15, -0.1) is 0 Å². The number of nitrogens with zero attached hydrogens (tertiary/aromatic N) is 1. The highest BCUT2D eigenvalue weighted by atomic mass is 16.3. The zero-order chi connectivity index (χ0) is 13.8. The van der Waals surface area contributed by atoms with Gasteiger partial charge in [0.1, 0.15) is 0 Å². The van der Waals surface area contributed by atoms with Gasteiger partial charge < -0.3 is 5.11 Å². The number of benzene rings is 1. The first-order valence-corrected chi connectivity index (χ1v) is 8.29. The van der Waals surface area contributed by atoms with Gasteiger partial charge >= 0.3 is 0 Å². The SMILES string of the molecule is O[C@H]1CCN(C2CCCCC2)C[C@H]1Cc1ccccc1. The lowest BCUT2D eigenvalue weighted by molar-refractivity contribution is 0.00296. The van der Waals surface area contributed by atoms with Gasteiger partial charge in [0.15, 0.2) is 0 Å². The van der Waals surface area contributed by atoms with Crippen LogP contribution in [0.15, 0.2) is 30.3 Å². The molecule has 20 heavy (non-hydrogen) atoms. The summed E-state index contributed by atoms with van der Waals surface area (Å²) in [4.78, 5) is 2.67. The van der Waals surface area contributed by atoms with Gasteiger partial charge in [0, 0.05) is 25.0 Å². The summed E-state index contributed by atoms with van der Waals surface area (Å²) in [5.74, 6) is 0.410. The fraction of sp³-hybridized carbons (Fsp3) is 0.667. The van der Waals surface area contributed by atoms with Crippen molar-refractivity contribution in [2.75, 3.05) is 13.1 Å². The van der Waals surface area contributed by atoms with Gasteiger partial charge in [0.05, 0.1) is 6.10 Å². The Balaban J connectivity index is 1.61. The molecule has 1 N–H and O–H groups in total. The topological polar surface area (TPSA) is 23.5 Å². The first-order chi connectivity index (χ1) is 9.83. The molecule has 1 aromatic rings. The zero-order valence-electron chi connectivity index (χ0n) is 12.4. The summed E-state index contributed by atoms with van der Waals surface area (Å²) in [5, 5.41) is 10.3. The second-order valence-corrected chi connectivity index (χ2v) is 6.59. The molecular formula is C18H27NO. The van der Waals surface area contributed by atoms with Crippen molar-refractivity contribution in [3.05, 3.63) is 35.9 Å². The highest BCUT2D eigenvalue weighted by molar-refractivity contribution is 5.15. The fourth-order valence-electron chi connectivity index (χ4n) is 3.94. The van der Waals surface area contributed by atoms with Gasteiger partial charge in [0.2, 0.25) is 0 Å². The van der Waals surface area contributed by atoms with Crippen molar-refractivity contribution >= 4 is 0 Å². The van der Waals surface area contributed by atoms with Crippen molar-refractivity contribution in [1.29, 1.82) is 0 Å². The molecule has 1 saturated heterocycles. The van der Waals surface area contributed by atoms with E-state index in [4.69, 9.17) is 0 Å². The minimum Gasteiger partial charge on any atom is -0.393 e. The van der Waals surface area contributed by atoms with Crippen molar-refractivity contribution in [2.24, 2.45) is 5.92 Å². The molecule has 0 spiro atoms. The Bertz CT molecular complexity index is 399. The summed E-state index contributed by atoms with van der Waals surface area (Å²) < 4.78 is 0. The van der Waals surface area contributed by atoms with E-state index in [0.717, 1.165) is 32.0 Å². The standard InChI is InChI=1S/C18H27NO/c20-18-11-12-19(17-9-5-2-6-10-17)14-16(18)13-15-7-3-1-4-8-15/h1,3-4,7-8,16-18,20H,2,5-6,9-14H2/t16-,18+/m1/s1. The van der Waals surface area contributed by atoms with Gasteiger partial charge in [-0.1, -0.05) is 49.6 Å². The highest BCUT2D eigenvalue weighted by Crippen LogP contribution is 2.28. The van der Waals surface area contributed by atoms with Gasteiger partial charge in [-0.25, -0.2) is 0 Å². The Hall–Kier alpha value is -0.860. The summed E-state index contributed by atoms with van der Waals surface area (Å²) in [5.41, 5.74) is 1.36. The molecule has 2 aliphatic rings. The molecule has 1 heterocycles. The number of likely N-dealkylation sites (tertiary alicyclic amines) is 1. The first kappa shape index (κ1) is 14.1. The molecule has 2 fully saturated rings. The molecular weight excluding hydrogens is 246 g/mol. The molecule has 0 radical (unpaired) electrons. The van der Waals surface area contributed by atoms with Crippen molar-refractivity contribution in [3.8, 4) is 0 Å². The van der Waals surface area contributed by atoms with Crippen molar-refractivity contribution < 1.29 is 5.11 Å². The molecule has 0 bridgehead atoms. The monoisotopic (exact) mass is 273 g/mol. The second-order valence-electron chi connectivity index (χ2n) is 6.59. The average Bonchev–Trinajstić information content (AvgIpc) is 2.51. The Morgan fingerprint density at radius 1 is 1.00 bits per heavy atom. The Kier molecular flexibility index (Phi) is 4.74. The van der Waals surface area contributed by atoms with Crippen LogP contribution in [0.25, 0.3) is 0 Å². The smallest absolute Gasteiger partial charge is 0.0596 e. The number of aliphatic hydroxyl groups is 1. The first-order valence-electron chi connectivity index (χ1n) is 8.29. The minimum absolute atomic E-state index is 0.116. The van der Waals surface area contributed by atoms with Gasteiger partial charge in [0.25, 0.3) is 0 Å². The van der Waals surface area contributed by atoms with Crippen LogP contribution in [0, 0.1) is 5.92 Å². The molecule has 0 aromatic heterocycles. The summed E-state index contributed by atoms with van der Waals surface area (Å²) in [6.45, 7) is 2.18. The van der Waals surface area contributed by atoms with Crippen LogP contribution in [0.3, 0.4) is 0 Å². The average molecular weight is 273 g/mol. The second kappa shape index (κ2) is 6.73. The largest absolute Gasteiger partial charge is 0.393 e. The Morgan fingerprint density at radius 3 is 2.50 bits per heavy atom. The third kappa shape index (κ3) is 3.42. The summed E-state index contributed by atoms with van der Waals surface area (Å²) in [7, 11) is 0. The predicted octanol–water partition coefficient (Wildman–Crippen LogP) is 3.24. The van der Waals surface area contributed by atoms with Gasteiger partial charge in [-0.3, -0.25) is 4.90 Å². The van der Waals surface area contributed by atoms with E-state index < -0.39 is 0 Å². The van der Waals surface area contributed by atoms with Crippen LogP contribution in [-0.4, -0.2) is 35.2 Å². The van der Waals surface area contributed by atoms with Crippen LogP contribution < -0.4 is 0 Å². The third-order valence-corrected chi connectivity index (χ3v) is 5.16. The third-order valence-electron chi connectivity index (χ3n) is 5.16. The van der Waals surface area contributed by atoms with E-state index >= 15 is 0 Å². The quantitative estimate of drug-likeness (QED) is 0.914. The molecule has 1 aliphatic carbocycles. The Morgan fingerprint density at radius 2 is 1.75 bits per heavy atom. The van der Waals surface area contributed by atoms with Crippen LogP contribution in [0.1, 0.15) is 44.1 Å². The number of rotatable bonds is 3. The predicted molar refractivity (Wildman–Crippen MR) is 82.7 cm³/mol. The fourth-order valence-corrected chi connectivity index (χ4v) is 3.94. The van der Waals surface area contributed by atoms with E-state index in [1.165, 1.54) is 37.7 Å². The molecule has 1 aliphatic heterocycles. The van der Waals surface area contributed by atoms with Crippen LogP contribution in [0.2, 0.25) is 0 Å². The maximum atomic E-state index is 10.3. The lowest BCUT2D eigenvalue weighted by atomic mass is 9.86. The van der Waals surface area contributed by atoms with E-state index in [1.807, 2.05) is 0 Å². The van der Waals surface area contributed by atoms with Crippen LogP contribution >= 0.6 is 0 Å².